The molecule has 0 radical (unpaired) electrons. The van der Waals surface area contributed by atoms with E-state index < -0.39 is 15.3 Å². The van der Waals surface area contributed by atoms with Crippen LogP contribution in [-0.4, -0.2) is 23.6 Å². The van der Waals surface area contributed by atoms with E-state index in [1.807, 2.05) is 0 Å². The van der Waals surface area contributed by atoms with Crippen LogP contribution in [0.3, 0.4) is 0 Å². The van der Waals surface area contributed by atoms with Gasteiger partial charge in [0, 0.05) is 6.20 Å². The fraction of sp³-hybridized carbons (Fsp3) is 0.429. The van der Waals surface area contributed by atoms with E-state index in [9.17, 15) is 8.42 Å². The molecule has 0 unspecified atom stereocenters. The van der Waals surface area contributed by atoms with Crippen molar-refractivity contribution in [3.8, 4) is 0 Å². The summed E-state index contributed by atoms with van der Waals surface area (Å²) in [5.74, 6) is 0.295. The average molecular weight is 201 g/mol. The number of aromatic nitrogens is 2. The molecule has 0 spiro atoms. The van der Waals surface area contributed by atoms with E-state index in [0.29, 0.717) is 5.82 Å². The van der Waals surface area contributed by atoms with E-state index in [1.54, 1.807) is 13.8 Å². The number of sulfonamides is 1. The lowest BCUT2D eigenvalue weighted by Crippen LogP contribution is -2.22. The van der Waals surface area contributed by atoms with Crippen molar-refractivity contribution in [3.63, 3.8) is 0 Å². The van der Waals surface area contributed by atoms with Crippen LogP contribution in [-0.2, 0) is 10.0 Å². The second-order valence-corrected chi connectivity index (χ2v) is 5.03. The summed E-state index contributed by atoms with van der Waals surface area (Å²) in [6.45, 7) is 3.20. The zero-order chi connectivity index (χ0) is 9.90. The number of nitrogens with one attached hydrogen (secondary N) is 1. The van der Waals surface area contributed by atoms with Gasteiger partial charge in [0.1, 0.15) is 12.1 Å². The van der Waals surface area contributed by atoms with Crippen molar-refractivity contribution < 1.29 is 8.42 Å². The zero-order valence-corrected chi connectivity index (χ0v) is 8.25. The first-order valence-corrected chi connectivity index (χ1v) is 5.34. The molecule has 72 valence electrons. The number of nitrogens with zero attached hydrogens (tertiary/aromatic N) is 2. The molecule has 0 saturated carbocycles. The summed E-state index contributed by atoms with van der Waals surface area (Å²) in [5.41, 5.74) is 0. The van der Waals surface area contributed by atoms with Crippen molar-refractivity contribution in [2.24, 2.45) is 0 Å². The molecule has 0 bridgehead atoms. The smallest absolute Gasteiger partial charge is 0.236 e. The molecule has 0 atom stereocenters. The fourth-order valence-electron chi connectivity index (χ4n) is 0.615. The highest BCUT2D eigenvalue weighted by molar-refractivity contribution is 7.93. The Morgan fingerprint density at radius 2 is 2.15 bits per heavy atom. The van der Waals surface area contributed by atoms with Crippen LogP contribution < -0.4 is 4.72 Å². The summed E-state index contributed by atoms with van der Waals surface area (Å²) in [5, 5.41) is -0.470. The zero-order valence-electron chi connectivity index (χ0n) is 7.43. The average Bonchev–Trinajstić information content (AvgIpc) is 2.05. The predicted molar refractivity (Wildman–Crippen MR) is 49.7 cm³/mol. The van der Waals surface area contributed by atoms with Gasteiger partial charge in [-0.1, -0.05) is 0 Å². The molecule has 0 aliphatic heterocycles. The van der Waals surface area contributed by atoms with E-state index in [0.717, 1.165) is 0 Å². The van der Waals surface area contributed by atoms with Gasteiger partial charge in [-0.25, -0.2) is 18.4 Å². The van der Waals surface area contributed by atoms with Crippen LogP contribution in [0.4, 0.5) is 5.82 Å². The summed E-state index contributed by atoms with van der Waals surface area (Å²) in [7, 11) is -3.29. The van der Waals surface area contributed by atoms with Gasteiger partial charge in [0.15, 0.2) is 0 Å². The highest BCUT2D eigenvalue weighted by Crippen LogP contribution is 2.06. The Labute approximate surface area is 77.3 Å². The first kappa shape index (κ1) is 9.91. The molecule has 0 aliphatic carbocycles. The topological polar surface area (TPSA) is 72.0 Å². The minimum absolute atomic E-state index is 0.295. The predicted octanol–water partition coefficient (Wildman–Crippen LogP) is 0.627. The second-order valence-electron chi connectivity index (χ2n) is 2.79. The Bertz CT molecular complexity index is 361. The molecule has 0 amide bonds. The third-order valence-electron chi connectivity index (χ3n) is 1.45. The quantitative estimate of drug-likeness (QED) is 0.778. The van der Waals surface area contributed by atoms with Gasteiger partial charge in [0.05, 0.1) is 5.25 Å². The maximum Gasteiger partial charge on any atom is 0.236 e. The van der Waals surface area contributed by atoms with Crippen molar-refractivity contribution in [3.05, 3.63) is 18.6 Å². The Hall–Kier alpha value is -1.17. The van der Waals surface area contributed by atoms with Gasteiger partial charge in [-0.05, 0) is 19.9 Å². The minimum atomic E-state index is -3.29. The third kappa shape index (κ3) is 2.66. The van der Waals surface area contributed by atoms with Gasteiger partial charge in [-0.3, -0.25) is 4.72 Å². The molecule has 0 aromatic carbocycles. The van der Waals surface area contributed by atoms with Crippen molar-refractivity contribution >= 4 is 15.8 Å². The first-order valence-electron chi connectivity index (χ1n) is 3.80. The molecule has 1 heterocycles. The molecule has 1 rings (SSSR count). The highest BCUT2D eigenvalue weighted by Gasteiger charge is 2.15. The van der Waals surface area contributed by atoms with Crippen LogP contribution in [0, 0.1) is 0 Å². The molecule has 1 N–H and O–H groups in total. The third-order valence-corrected chi connectivity index (χ3v) is 3.18. The minimum Gasteiger partial charge on any atom is -0.267 e. The first-order chi connectivity index (χ1) is 6.02. The van der Waals surface area contributed by atoms with Gasteiger partial charge < -0.3 is 0 Å². The van der Waals surface area contributed by atoms with E-state index in [2.05, 4.69) is 14.7 Å². The van der Waals surface area contributed by atoms with Crippen molar-refractivity contribution in [1.82, 2.24) is 9.97 Å². The van der Waals surface area contributed by atoms with Crippen molar-refractivity contribution in [1.29, 1.82) is 0 Å². The van der Waals surface area contributed by atoms with E-state index >= 15 is 0 Å². The summed E-state index contributed by atoms with van der Waals surface area (Å²) in [6.07, 6.45) is 2.77. The summed E-state index contributed by atoms with van der Waals surface area (Å²) in [6, 6.07) is 1.50. The maximum absolute atomic E-state index is 11.3. The summed E-state index contributed by atoms with van der Waals surface area (Å²) in [4.78, 5) is 7.42. The van der Waals surface area contributed by atoms with Gasteiger partial charge in [-0.15, -0.1) is 0 Å². The molecule has 5 nitrogen and oxygen atoms in total. The molecule has 13 heavy (non-hydrogen) atoms. The molecular formula is C7H11N3O2S. The fourth-order valence-corrected chi connectivity index (χ4v) is 1.26. The molecule has 1 aromatic rings. The van der Waals surface area contributed by atoms with Crippen molar-refractivity contribution in [2.75, 3.05) is 4.72 Å². The molecule has 0 fully saturated rings. The molecule has 0 saturated heterocycles. The van der Waals surface area contributed by atoms with E-state index in [1.165, 1.54) is 18.6 Å². The second kappa shape index (κ2) is 3.69. The van der Waals surface area contributed by atoms with Crippen LogP contribution in [0.15, 0.2) is 18.6 Å². The SMILES string of the molecule is CC(C)S(=O)(=O)Nc1ccncn1. The highest BCUT2D eigenvalue weighted by atomic mass is 32.2. The number of anilines is 1. The molecule has 0 aliphatic rings. The lowest BCUT2D eigenvalue weighted by atomic mass is 10.6. The van der Waals surface area contributed by atoms with Gasteiger partial charge in [0.25, 0.3) is 0 Å². The Morgan fingerprint density at radius 1 is 1.46 bits per heavy atom. The normalized spacial score (nSPS) is 11.6. The van der Waals surface area contributed by atoms with Crippen LogP contribution in [0.25, 0.3) is 0 Å². The monoisotopic (exact) mass is 201 g/mol. The van der Waals surface area contributed by atoms with E-state index in [-0.39, 0.29) is 0 Å². The Morgan fingerprint density at radius 3 is 2.62 bits per heavy atom. The number of rotatable bonds is 3. The van der Waals surface area contributed by atoms with Crippen LogP contribution in [0.5, 0.6) is 0 Å². The van der Waals surface area contributed by atoms with Crippen LogP contribution in [0.1, 0.15) is 13.8 Å². The number of hydrogen-bond acceptors (Lipinski definition) is 4. The maximum atomic E-state index is 11.3. The Balaban J connectivity index is 2.82. The van der Waals surface area contributed by atoms with Crippen molar-refractivity contribution in [2.45, 2.75) is 19.1 Å². The summed E-state index contributed by atoms with van der Waals surface area (Å²) >= 11 is 0. The number of hydrogen-bond donors (Lipinski definition) is 1. The van der Waals surface area contributed by atoms with Crippen LogP contribution >= 0.6 is 0 Å². The van der Waals surface area contributed by atoms with Gasteiger partial charge in [-0.2, -0.15) is 0 Å². The molecular weight excluding hydrogens is 190 g/mol. The lowest BCUT2D eigenvalue weighted by molar-refractivity contribution is 0.592. The lowest BCUT2D eigenvalue weighted by Gasteiger charge is -2.08. The van der Waals surface area contributed by atoms with E-state index in [4.69, 9.17) is 0 Å². The molecule has 1 aromatic heterocycles. The van der Waals surface area contributed by atoms with Gasteiger partial charge >= 0.3 is 0 Å². The van der Waals surface area contributed by atoms with Gasteiger partial charge in [0.2, 0.25) is 10.0 Å². The molecule has 6 heteroatoms. The standard InChI is InChI=1S/C7H11N3O2S/c1-6(2)13(11,12)10-7-3-4-8-5-9-7/h3-6H,1-2H3,(H,8,9,10). The van der Waals surface area contributed by atoms with Crippen LogP contribution in [0.2, 0.25) is 0 Å². The Kier molecular flexibility index (Phi) is 2.82. The summed E-state index contributed by atoms with van der Waals surface area (Å²) < 4.78 is 25.0. The largest absolute Gasteiger partial charge is 0.267 e.